The predicted molar refractivity (Wildman–Crippen MR) is 75.6 cm³/mol. The molecule has 122 valence electrons. The van der Waals surface area contributed by atoms with E-state index >= 15 is 0 Å². The van der Waals surface area contributed by atoms with Crippen LogP contribution < -0.4 is 0 Å². The molecule has 2 N–H and O–H groups in total. The summed E-state index contributed by atoms with van der Waals surface area (Å²) in [6, 6.07) is 2.76. The van der Waals surface area contributed by atoms with Crippen molar-refractivity contribution < 1.29 is 33.0 Å². The molecule has 22 heavy (non-hydrogen) atoms. The quantitative estimate of drug-likeness (QED) is 0.781. The molecule has 0 saturated carbocycles. The lowest BCUT2D eigenvalue weighted by Crippen LogP contribution is -2.20. The minimum atomic E-state index is -4.73. The van der Waals surface area contributed by atoms with Gasteiger partial charge in [-0.25, -0.2) is 0 Å². The molecule has 0 aliphatic carbocycles. The van der Waals surface area contributed by atoms with Gasteiger partial charge in [-0.2, -0.15) is 13.2 Å². The molecule has 0 aliphatic heterocycles. The summed E-state index contributed by atoms with van der Waals surface area (Å²) in [5.74, 6) is 0.242. The molecule has 2 atom stereocenters. The van der Waals surface area contributed by atoms with E-state index in [1.807, 2.05) is 0 Å². The molecule has 0 amide bonds. The number of hydrogen-bond acceptors (Lipinski definition) is 5. The smallest absolute Gasteiger partial charge is 0.390 e. The fourth-order valence-corrected chi connectivity index (χ4v) is 2.46. The molecule has 0 bridgehead atoms. The third-order valence-electron chi connectivity index (χ3n) is 2.93. The molecule has 0 heterocycles. The second-order valence-corrected chi connectivity index (χ2v) is 5.88. The van der Waals surface area contributed by atoms with Gasteiger partial charge in [-0.1, -0.05) is 23.9 Å². The number of aliphatic hydroxyl groups excluding tert-OH is 2. The van der Waals surface area contributed by atoms with Crippen molar-refractivity contribution in [1.82, 2.24) is 0 Å². The summed E-state index contributed by atoms with van der Waals surface area (Å²) in [5, 5.41) is 19.5. The number of benzene rings is 1. The zero-order valence-corrected chi connectivity index (χ0v) is 12.4. The van der Waals surface area contributed by atoms with E-state index in [4.69, 9.17) is 0 Å². The maximum Gasteiger partial charge on any atom is 0.417 e. The average molecular weight is 336 g/mol. The van der Waals surface area contributed by atoms with Crippen LogP contribution in [0.5, 0.6) is 0 Å². The second-order valence-electron chi connectivity index (χ2n) is 4.60. The van der Waals surface area contributed by atoms with E-state index in [9.17, 15) is 33.0 Å². The van der Waals surface area contributed by atoms with Crippen LogP contribution in [0.25, 0.3) is 0 Å². The van der Waals surface area contributed by atoms with Crippen LogP contribution in [0.1, 0.15) is 40.9 Å². The molecule has 0 saturated heterocycles. The Labute approximate surface area is 129 Å². The van der Waals surface area contributed by atoms with Crippen molar-refractivity contribution in [3.63, 3.8) is 0 Å². The molecular weight excluding hydrogens is 321 g/mol. The first-order valence-electron chi connectivity index (χ1n) is 6.32. The van der Waals surface area contributed by atoms with Crippen molar-refractivity contribution in [2.45, 2.75) is 31.7 Å². The number of rotatable bonds is 6. The second kappa shape index (κ2) is 7.75. The molecule has 1 aromatic rings. The topological polar surface area (TPSA) is 74.6 Å². The molecule has 0 aliphatic rings. The van der Waals surface area contributed by atoms with Crippen molar-refractivity contribution in [2.75, 3.05) is 5.75 Å². The number of carbonyl (C=O) groups is 2. The number of carbonyl (C=O) groups excluding carboxylic acids is 2. The van der Waals surface area contributed by atoms with Crippen LogP contribution in [-0.4, -0.2) is 33.5 Å². The maximum atomic E-state index is 12.8. The Kier molecular flexibility index (Phi) is 6.58. The van der Waals surface area contributed by atoms with Gasteiger partial charge in [-0.3, -0.25) is 9.59 Å². The molecule has 0 aromatic heterocycles. The summed E-state index contributed by atoms with van der Waals surface area (Å²) in [6.45, 7) is 1.35. The normalized spacial score (nSPS) is 14.5. The van der Waals surface area contributed by atoms with Gasteiger partial charge in [0.2, 0.25) is 0 Å². The van der Waals surface area contributed by atoms with Crippen molar-refractivity contribution in [2.24, 2.45) is 0 Å². The molecular formula is C14H15F3O4S. The van der Waals surface area contributed by atoms with Gasteiger partial charge in [-0.05, 0) is 18.1 Å². The molecule has 0 fully saturated rings. The third-order valence-corrected chi connectivity index (χ3v) is 3.78. The predicted octanol–water partition coefficient (Wildman–Crippen LogP) is 2.58. The van der Waals surface area contributed by atoms with Gasteiger partial charge in [-0.15, -0.1) is 0 Å². The van der Waals surface area contributed by atoms with Crippen molar-refractivity contribution >= 4 is 23.2 Å². The highest BCUT2D eigenvalue weighted by Gasteiger charge is 2.34. The zero-order valence-electron chi connectivity index (χ0n) is 11.6. The van der Waals surface area contributed by atoms with E-state index in [2.05, 4.69) is 0 Å². The number of thioether (sulfide) groups is 1. The van der Waals surface area contributed by atoms with E-state index in [0.29, 0.717) is 6.07 Å². The number of alkyl halides is 3. The van der Waals surface area contributed by atoms with Crippen LogP contribution in [-0.2, 0) is 11.0 Å². The van der Waals surface area contributed by atoms with Crippen LogP contribution in [0, 0.1) is 0 Å². The maximum absolute atomic E-state index is 12.8. The Hall–Kier alpha value is -1.38. The van der Waals surface area contributed by atoms with E-state index in [1.54, 1.807) is 0 Å². The largest absolute Gasteiger partial charge is 0.417 e. The van der Waals surface area contributed by atoms with E-state index < -0.39 is 29.5 Å². The fraction of sp³-hybridized carbons (Fsp3) is 0.429. The van der Waals surface area contributed by atoms with Crippen LogP contribution in [0.2, 0.25) is 0 Å². The van der Waals surface area contributed by atoms with Crippen molar-refractivity contribution in [3.8, 4) is 0 Å². The first-order chi connectivity index (χ1) is 10.2. The van der Waals surface area contributed by atoms with E-state index in [1.165, 1.54) is 6.92 Å². The number of aliphatic hydroxyl groups is 2. The highest BCUT2D eigenvalue weighted by atomic mass is 32.2. The third kappa shape index (κ3) is 5.11. The van der Waals surface area contributed by atoms with Crippen LogP contribution in [0.3, 0.4) is 0 Å². The summed E-state index contributed by atoms with van der Waals surface area (Å²) >= 11 is 0.949. The van der Waals surface area contributed by atoms with Crippen molar-refractivity contribution in [1.29, 1.82) is 0 Å². The SMILES string of the molecule is CC(=O)SCCC(O)C(O)c1ccc(C=O)c(C(F)(F)F)c1. The zero-order chi connectivity index (χ0) is 16.9. The van der Waals surface area contributed by atoms with Crippen LogP contribution in [0.15, 0.2) is 18.2 Å². The Bertz CT molecular complexity index is 545. The van der Waals surface area contributed by atoms with Crippen molar-refractivity contribution in [3.05, 3.63) is 34.9 Å². The van der Waals surface area contributed by atoms with Gasteiger partial charge in [0.1, 0.15) is 6.10 Å². The Morgan fingerprint density at radius 3 is 2.50 bits per heavy atom. The van der Waals surface area contributed by atoms with E-state index in [0.717, 1.165) is 23.9 Å². The number of hydrogen-bond donors (Lipinski definition) is 2. The van der Waals surface area contributed by atoms with Crippen LogP contribution >= 0.6 is 11.8 Å². The highest BCUT2D eigenvalue weighted by Crippen LogP contribution is 2.34. The lowest BCUT2D eigenvalue weighted by atomic mass is 9.97. The molecule has 8 heteroatoms. The molecule has 1 aromatic carbocycles. The fourth-order valence-electron chi connectivity index (χ4n) is 1.81. The number of aldehydes is 1. The summed E-state index contributed by atoms with van der Waals surface area (Å²) in [6.07, 6.45) is -7.45. The Balaban J connectivity index is 2.91. The van der Waals surface area contributed by atoms with Crippen LogP contribution in [0.4, 0.5) is 13.2 Å². The lowest BCUT2D eigenvalue weighted by Gasteiger charge is -2.19. The molecule has 0 spiro atoms. The Morgan fingerprint density at radius 1 is 1.36 bits per heavy atom. The molecule has 0 radical (unpaired) electrons. The standard InChI is InChI=1S/C14H15F3O4S/c1-8(19)22-5-4-12(20)13(21)9-2-3-10(7-18)11(6-9)14(15,16)17/h2-3,6-7,12-13,20-21H,4-5H2,1H3. The van der Waals surface area contributed by atoms with Gasteiger partial charge in [0.25, 0.3) is 0 Å². The van der Waals surface area contributed by atoms with Gasteiger partial charge in [0.15, 0.2) is 11.4 Å². The Morgan fingerprint density at radius 2 is 2.00 bits per heavy atom. The van der Waals surface area contributed by atoms with E-state index in [-0.39, 0.29) is 29.1 Å². The first kappa shape index (κ1) is 18.7. The monoisotopic (exact) mass is 336 g/mol. The lowest BCUT2D eigenvalue weighted by molar-refractivity contribution is -0.138. The summed E-state index contributed by atoms with van der Waals surface area (Å²) in [4.78, 5) is 21.4. The van der Waals surface area contributed by atoms with Gasteiger partial charge in [0.05, 0.1) is 11.7 Å². The van der Waals surface area contributed by atoms with Gasteiger partial charge in [0, 0.05) is 18.2 Å². The van der Waals surface area contributed by atoms with Gasteiger partial charge < -0.3 is 10.2 Å². The van der Waals surface area contributed by atoms with Gasteiger partial charge >= 0.3 is 6.18 Å². The minimum absolute atomic E-state index is 0.0438. The molecule has 1 rings (SSSR count). The summed E-state index contributed by atoms with van der Waals surface area (Å²) in [5.41, 5.74) is -1.84. The number of halogens is 3. The first-order valence-corrected chi connectivity index (χ1v) is 7.31. The summed E-state index contributed by atoms with van der Waals surface area (Å²) in [7, 11) is 0. The minimum Gasteiger partial charge on any atom is -0.390 e. The highest BCUT2D eigenvalue weighted by molar-refractivity contribution is 8.13. The summed E-state index contributed by atoms with van der Waals surface area (Å²) < 4.78 is 38.5. The molecule has 2 unspecified atom stereocenters. The molecule has 4 nitrogen and oxygen atoms in total. The average Bonchev–Trinajstić information content (AvgIpc) is 2.44.